The van der Waals surface area contributed by atoms with Gasteiger partial charge >= 0.3 is 11.9 Å². The first-order chi connectivity index (χ1) is 18.0. The third kappa shape index (κ3) is 5.53. The molecule has 4 rings (SSSR count). The van der Waals surface area contributed by atoms with Crippen LogP contribution in [-0.2, 0) is 25.7 Å². The Bertz CT molecular complexity index is 1330. The molecule has 2 unspecified atom stereocenters. The van der Waals surface area contributed by atoms with E-state index in [4.69, 9.17) is 25.5 Å². The summed E-state index contributed by atoms with van der Waals surface area (Å²) in [5.74, 6) is -1.52. The van der Waals surface area contributed by atoms with Gasteiger partial charge in [0.25, 0.3) is 11.8 Å². The van der Waals surface area contributed by atoms with Crippen molar-refractivity contribution in [3.05, 3.63) is 63.2 Å². The average molecular weight is 563 g/mol. The zero-order valence-electron chi connectivity index (χ0n) is 21.2. The number of benzene rings is 1. The zero-order valence-corrected chi connectivity index (χ0v) is 22.8. The van der Waals surface area contributed by atoms with Crippen LogP contribution in [-0.4, -0.2) is 57.5 Å². The highest BCUT2D eigenvalue weighted by atomic mass is 35.5. The number of carbonyl (C=O) groups excluding carboxylic acids is 3. The number of ether oxygens (including phenoxy) is 2. The third-order valence-electron chi connectivity index (χ3n) is 6.15. The van der Waals surface area contributed by atoms with Crippen LogP contribution in [0.4, 0.5) is 0 Å². The van der Waals surface area contributed by atoms with Crippen LogP contribution in [0.15, 0.2) is 40.0 Å². The number of rotatable bonds is 9. The Hall–Kier alpha value is -3.44. The molecular formula is C26H27ClN2O8S. The normalized spacial score (nSPS) is 18.7. The van der Waals surface area contributed by atoms with Crippen molar-refractivity contribution in [3.63, 3.8) is 0 Å². The fourth-order valence-electron chi connectivity index (χ4n) is 4.17. The van der Waals surface area contributed by atoms with E-state index in [0.717, 1.165) is 16.0 Å². The molecule has 2 aliphatic heterocycles. The van der Waals surface area contributed by atoms with Gasteiger partial charge in [-0.25, -0.2) is 4.79 Å². The van der Waals surface area contributed by atoms with E-state index in [1.54, 1.807) is 6.07 Å². The molecule has 0 radical (unpaired) electrons. The van der Waals surface area contributed by atoms with Gasteiger partial charge in [-0.05, 0) is 48.2 Å². The van der Waals surface area contributed by atoms with Crippen LogP contribution in [0.1, 0.15) is 54.1 Å². The quantitative estimate of drug-likeness (QED) is 0.345. The van der Waals surface area contributed by atoms with Crippen molar-refractivity contribution in [2.75, 3.05) is 12.4 Å². The average Bonchev–Trinajstić information content (AvgIpc) is 3.34. The molecule has 38 heavy (non-hydrogen) atoms. The Labute approximate surface area is 228 Å². The summed E-state index contributed by atoms with van der Waals surface area (Å²) in [5, 5.41) is 12.3. The van der Waals surface area contributed by atoms with Crippen molar-refractivity contribution in [1.29, 1.82) is 0 Å². The topological polar surface area (TPSA) is 135 Å². The lowest BCUT2D eigenvalue weighted by molar-refractivity contribution is -0.149. The molecule has 0 spiro atoms. The van der Waals surface area contributed by atoms with Gasteiger partial charge in [-0.2, -0.15) is 0 Å². The van der Waals surface area contributed by atoms with E-state index in [1.807, 2.05) is 32.9 Å². The van der Waals surface area contributed by atoms with E-state index in [9.17, 15) is 24.3 Å². The van der Waals surface area contributed by atoms with Crippen LogP contribution in [0.5, 0.6) is 5.75 Å². The minimum Gasteiger partial charge on any atom is -0.485 e. The number of carbonyl (C=O) groups is 4. The Morgan fingerprint density at radius 2 is 2.00 bits per heavy atom. The van der Waals surface area contributed by atoms with Crippen LogP contribution in [0.3, 0.4) is 0 Å². The summed E-state index contributed by atoms with van der Waals surface area (Å²) in [6, 6.07) is 5.92. The van der Waals surface area contributed by atoms with Gasteiger partial charge in [0.05, 0.1) is 0 Å². The molecule has 3 heterocycles. The number of aryl methyl sites for hydroxylation is 1. The zero-order chi connectivity index (χ0) is 27.7. The first-order valence-electron chi connectivity index (χ1n) is 11.8. The number of β-lactam (4-membered cyclic amide) rings is 1. The molecule has 12 heteroatoms. The summed E-state index contributed by atoms with van der Waals surface area (Å²) in [7, 11) is 0. The standard InChI is InChI=1S/C26H27ClN2O8S/c1-12(2)17-8-18(27)13(3)7-20(17)36-10-16-5-6-19(37-16)23(31)28-21-24(32)29-22(26(33)34)15(9-35-14(4)30)11-38-25(21)29/h5-8,12,21,25H,9-11H2,1-4H3,(H,28,31)(H,33,34). The number of amides is 2. The number of carboxylic acids is 1. The third-order valence-corrected chi connectivity index (χ3v) is 7.90. The van der Waals surface area contributed by atoms with E-state index < -0.39 is 35.2 Å². The van der Waals surface area contributed by atoms with E-state index in [0.29, 0.717) is 22.1 Å². The monoisotopic (exact) mass is 562 g/mol. The van der Waals surface area contributed by atoms with Gasteiger partial charge < -0.3 is 24.3 Å². The van der Waals surface area contributed by atoms with E-state index >= 15 is 0 Å². The molecule has 1 fully saturated rings. The van der Waals surface area contributed by atoms with Gasteiger partial charge in [0.15, 0.2) is 5.76 Å². The number of hydrogen-bond acceptors (Lipinski definition) is 8. The second-order valence-corrected chi connectivity index (χ2v) is 10.8. The molecule has 1 aromatic heterocycles. The molecule has 10 nitrogen and oxygen atoms in total. The van der Waals surface area contributed by atoms with Gasteiger partial charge in [-0.1, -0.05) is 25.4 Å². The van der Waals surface area contributed by atoms with E-state index in [-0.39, 0.29) is 36.3 Å². The molecular weight excluding hydrogens is 536 g/mol. The molecule has 2 aliphatic rings. The molecule has 2 aromatic rings. The number of carboxylic acid groups (broad SMARTS) is 1. The van der Waals surface area contributed by atoms with Crippen LogP contribution in [0.2, 0.25) is 5.02 Å². The summed E-state index contributed by atoms with van der Waals surface area (Å²) >= 11 is 7.53. The molecule has 2 atom stereocenters. The number of halogens is 1. The van der Waals surface area contributed by atoms with Crippen molar-refractivity contribution in [2.24, 2.45) is 0 Å². The summed E-state index contributed by atoms with van der Waals surface area (Å²) in [5.41, 5.74) is 1.93. The summed E-state index contributed by atoms with van der Waals surface area (Å²) in [6.07, 6.45) is 0. The van der Waals surface area contributed by atoms with Gasteiger partial charge in [0.1, 0.15) is 41.8 Å². The number of furan rings is 1. The number of hydrogen-bond donors (Lipinski definition) is 2. The van der Waals surface area contributed by atoms with Gasteiger partial charge in [0.2, 0.25) is 0 Å². The van der Waals surface area contributed by atoms with Gasteiger partial charge in [-0.3, -0.25) is 19.3 Å². The minimum atomic E-state index is -1.30. The molecule has 0 saturated carbocycles. The van der Waals surface area contributed by atoms with Crippen LogP contribution < -0.4 is 10.1 Å². The molecule has 2 N–H and O–H groups in total. The predicted molar refractivity (Wildman–Crippen MR) is 139 cm³/mol. The maximum absolute atomic E-state index is 12.8. The molecule has 202 valence electrons. The first-order valence-corrected chi connectivity index (χ1v) is 13.3. The summed E-state index contributed by atoms with van der Waals surface area (Å²) < 4.78 is 16.5. The van der Waals surface area contributed by atoms with E-state index in [1.165, 1.54) is 24.8 Å². The summed E-state index contributed by atoms with van der Waals surface area (Å²) in [4.78, 5) is 49.7. The lowest BCUT2D eigenvalue weighted by Gasteiger charge is -2.49. The highest BCUT2D eigenvalue weighted by molar-refractivity contribution is 8.00. The lowest BCUT2D eigenvalue weighted by atomic mass is 10.0. The Balaban J connectivity index is 1.40. The van der Waals surface area contributed by atoms with Crippen molar-refractivity contribution < 1.29 is 38.2 Å². The number of thioether (sulfide) groups is 1. The largest absolute Gasteiger partial charge is 0.485 e. The number of nitrogens with zero attached hydrogens (tertiary/aromatic N) is 1. The first kappa shape index (κ1) is 27.6. The van der Waals surface area contributed by atoms with Crippen molar-refractivity contribution in [2.45, 2.75) is 51.6 Å². The van der Waals surface area contributed by atoms with Crippen molar-refractivity contribution >= 4 is 47.1 Å². The number of fused-ring (bicyclic) bond motifs is 1. The van der Waals surface area contributed by atoms with Crippen LogP contribution in [0.25, 0.3) is 0 Å². The van der Waals surface area contributed by atoms with Crippen LogP contribution in [0, 0.1) is 6.92 Å². The second-order valence-electron chi connectivity index (χ2n) is 9.25. The molecule has 1 saturated heterocycles. The minimum absolute atomic E-state index is 0.00317. The Morgan fingerprint density at radius 1 is 1.26 bits per heavy atom. The van der Waals surface area contributed by atoms with Gasteiger partial charge in [-0.15, -0.1) is 11.8 Å². The van der Waals surface area contributed by atoms with Crippen molar-refractivity contribution in [3.8, 4) is 5.75 Å². The molecule has 0 bridgehead atoms. The maximum atomic E-state index is 12.8. The molecule has 1 aromatic carbocycles. The fourth-order valence-corrected chi connectivity index (χ4v) is 5.67. The van der Waals surface area contributed by atoms with Crippen LogP contribution >= 0.6 is 23.4 Å². The number of aliphatic carboxylic acids is 1. The summed E-state index contributed by atoms with van der Waals surface area (Å²) in [6.45, 7) is 7.04. The Kier molecular flexibility index (Phi) is 8.08. The number of nitrogens with one attached hydrogen (secondary N) is 1. The smallest absolute Gasteiger partial charge is 0.352 e. The number of esters is 1. The highest BCUT2D eigenvalue weighted by Gasteiger charge is 2.54. The van der Waals surface area contributed by atoms with E-state index in [2.05, 4.69) is 5.32 Å². The van der Waals surface area contributed by atoms with Crippen molar-refractivity contribution in [1.82, 2.24) is 10.2 Å². The fraction of sp³-hybridized carbons (Fsp3) is 0.385. The van der Waals surface area contributed by atoms with Gasteiger partial charge in [0, 0.05) is 23.3 Å². The Morgan fingerprint density at radius 3 is 2.66 bits per heavy atom. The highest BCUT2D eigenvalue weighted by Crippen LogP contribution is 2.40. The maximum Gasteiger partial charge on any atom is 0.352 e. The molecule has 2 amide bonds. The lowest BCUT2D eigenvalue weighted by Crippen LogP contribution is -2.70. The predicted octanol–water partition coefficient (Wildman–Crippen LogP) is 3.86. The molecule has 0 aliphatic carbocycles. The second kappa shape index (κ2) is 11.1. The SMILES string of the molecule is CC(=O)OCC1=C(C(=O)O)N2C(=O)C(NC(=O)c3ccc(COc4cc(C)c(Cl)cc4C(C)C)o3)C2SC1.